The molecule has 2 N–H and O–H groups in total. The van der Waals surface area contributed by atoms with Gasteiger partial charge in [-0.3, -0.25) is 4.79 Å². The zero-order valence-corrected chi connectivity index (χ0v) is 7.62. The minimum atomic E-state index is -0.682. The molecule has 0 aliphatic heterocycles. The van der Waals surface area contributed by atoms with E-state index in [1.807, 2.05) is 0 Å². The van der Waals surface area contributed by atoms with Crippen molar-refractivity contribution in [2.75, 3.05) is 6.61 Å². The molecule has 0 atom stereocenters. The molecule has 3 nitrogen and oxygen atoms in total. The molecule has 0 aromatic rings. The molecule has 0 saturated heterocycles. The minimum absolute atomic E-state index is 0.0833. The number of aliphatic hydroxyl groups excluding tert-OH is 1. The second kappa shape index (κ2) is 12.8. The first kappa shape index (κ1) is 13.7. The van der Waals surface area contributed by atoms with Gasteiger partial charge in [-0.25, -0.2) is 0 Å². The SMILES string of the molecule is C=CCO.CCCCCC(=O)O. The van der Waals surface area contributed by atoms with Gasteiger partial charge in [0.05, 0.1) is 6.61 Å². The number of aliphatic hydroxyl groups is 1. The lowest BCUT2D eigenvalue weighted by Gasteiger charge is -1.89. The van der Waals surface area contributed by atoms with Crippen LogP contribution in [0.4, 0.5) is 0 Å². The van der Waals surface area contributed by atoms with Crippen molar-refractivity contribution in [2.24, 2.45) is 0 Å². The van der Waals surface area contributed by atoms with Crippen LogP contribution < -0.4 is 0 Å². The molecule has 0 spiro atoms. The maximum Gasteiger partial charge on any atom is 0.303 e. The Labute approximate surface area is 73.7 Å². The molecule has 0 radical (unpaired) electrons. The van der Waals surface area contributed by atoms with Crippen LogP contribution in [-0.4, -0.2) is 22.8 Å². The van der Waals surface area contributed by atoms with Crippen LogP contribution in [0.5, 0.6) is 0 Å². The molecule has 0 aliphatic carbocycles. The maximum absolute atomic E-state index is 9.87. The molecule has 0 aromatic carbocycles. The number of hydrogen-bond acceptors (Lipinski definition) is 2. The lowest BCUT2D eigenvalue weighted by molar-refractivity contribution is -0.137. The topological polar surface area (TPSA) is 57.5 Å². The quantitative estimate of drug-likeness (QED) is 0.493. The molecule has 0 bridgehead atoms. The summed E-state index contributed by atoms with van der Waals surface area (Å²) in [5, 5.41) is 15.9. The zero-order chi connectivity index (χ0) is 9.82. The fourth-order valence-electron chi connectivity index (χ4n) is 0.526. The maximum atomic E-state index is 9.87. The summed E-state index contributed by atoms with van der Waals surface area (Å²) < 4.78 is 0. The van der Waals surface area contributed by atoms with Crippen LogP contribution in [0.2, 0.25) is 0 Å². The highest BCUT2D eigenvalue weighted by atomic mass is 16.4. The van der Waals surface area contributed by atoms with E-state index in [2.05, 4.69) is 13.5 Å². The van der Waals surface area contributed by atoms with E-state index in [0.29, 0.717) is 6.42 Å². The summed E-state index contributed by atoms with van der Waals surface area (Å²) in [7, 11) is 0. The Hall–Kier alpha value is -0.830. The van der Waals surface area contributed by atoms with Crippen LogP contribution >= 0.6 is 0 Å². The monoisotopic (exact) mass is 174 g/mol. The average Bonchev–Trinajstić information content (AvgIpc) is 2.05. The van der Waals surface area contributed by atoms with Gasteiger partial charge in [0.1, 0.15) is 0 Å². The van der Waals surface area contributed by atoms with Crippen molar-refractivity contribution in [3.05, 3.63) is 12.7 Å². The molecule has 12 heavy (non-hydrogen) atoms. The summed E-state index contributed by atoms with van der Waals surface area (Å²) in [5.41, 5.74) is 0. The number of hydrogen-bond donors (Lipinski definition) is 2. The summed E-state index contributed by atoms with van der Waals surface area (Å²) in [6.07, 6.45) is 4.71. The predicted molar refractivity (Wildman–Crippen MR) is 49.1 cm³/mol. The molecule has 0 fully saturated rings. The Morgan fingerprint density at radius 1 is 1.50 bits per heavy atom. The number of rotatable bonds is 5. The van der Waals surface area contributed by atoms with Gasteiger partial charge in [0.2, 0.25) is 0 Å². The third kappa shape index (κ3) is 22.9. The standard InChI is InChI=1S/C6H12O2.C3H6O/c1-2-3-4-5-6(7)8;1-2-3-4/h2-5H2,1H3,(H,7,8);2,4H,1,3H2. The summed E-state index contributed by atoms with van der Waals surface area (Å²) in [6, 6.07) is 0. The molecule has 0 heterocycles. The number of aliphatic carboxylic acids is 1. The molecule has 0 unspecified atom stereocenters. The number of unbranched alkanes of at least 4 members (excludes halogenated alkanes) is 2. The van der Waals surface area contributed by atoms with Crippen LogP contribution in [0.25, 0.3) is 0 Å². The van der Waals surface area contributed by atoms with Gasteiger partial charge in [-0.15, -0.1) is 6.58 Å². The highest BCUT2D eigenvalue weighted by Gasteiger charge is 1.92. The van der Waals surface area contributed by atoms with Crippen molar-refractivity contribution in [1.82, 2.24) is 0 Å². The van der Waals surface area contributed by atoms with Gasteiger partial charge in [0.25, 0.3) is 0 Å². The summed E-state index contributed by atoms with van der Waals surface area (Å²) >= 11 is 0. The number of carbonyl (C=O) groups is 1. The van der Waals surface area contributed by atoms with E-state index < -0.39 is 5.97 Å². The Kier molecular flexibility index (Phi) is 14.7. The van der Waals surface area contributed by atoms with E-state index in [-0.39, 0.29) is 6.61 Å². The van der Waals surface area contributed by atoms with Gasteiger partial charge < -0.3 is 10.2 Å². The summed E-state index contributed by atoms with van der Waals surface area (Å²) in [6.45, 7) is 5.37. The van der Waals surface area contributed by atoms with Gasteiger partial charge in [-0.05, 0) is 6.42 Å². The molecule has 0 rings (SSSR count). The Bertz CT molecular complexity index is 110. The highest BCUT2D eigenvalue weighted by Crippen LogP contribution is 1.97. The van der Waals surface area contributed by atoms with Crippen LogP contribution in [0.15, 0.2) is 12.7 Å². The molecule has 0 saturated carbocycles. The third-order valence-electron chi connectivity index (χ3n) is 1.12. The molecular formula is C9H18O3. The highest BCUT2D eigenvalue weighted by molar-refractivity contribution is 5.66. The van der Waals surface area contributed by atoms with Crippen LogP contribution in [-0.2, 0) is 4.79 Å². The average molecular weight is 174 g/mol. The lowest BCUT2D eigenvalue weighted by atomic mass is 10.2. The van der Waals surface area contributed by atoms with Crippen LogP contribution in [0, 0.1) is 0 Å². The molecule has 0 aliphatic rings. The normalized spacial score (nSPS) is 8.17. The zero-order valence-electron chi connectivity index (χ0n) is 7.62. The van der Waals surface area contributed by atoms with Crippen molar-refractivity contribution < 1.29 is 15.0 Å². The first-order valence-electron chi connectivity index (χ1n) is 4.12. The number of carboxylic acids is 1. The second-order valence-corrected chi connectivity index (χ2v) is 2.32. The molecule has 3 heteroatoms. The smallest absolute Gasteiger partial charge is 0.303 e. The van der Waals surface area contributed by atoms with Crippen LogP contribution in [0.1, 0.15) is 32.6 Å². The summed E-state index contributed by atoms with van der Waals surface area (Å²) in [5.74, 6) is -0.682. The molecular weight excluding hydrogens is 156 g/mol. The second-order valence-electron chi connectivity index (χ2n) is 2.32. The minimum Gasteiger partial charge on any atom is -0.481 e. The molecule has 72 valence electrons. The van der Waals surface area contributed by atoms with Gasteiger partial charge in [-0.1, -0.05) is 25.8 Å². The van der Waals surface area contributed by atoms with E-state index in [1.54, 1.807) is 0 Å². The van der Waals surface area contributed by atoms with E-state index in [4.69, 9.17) is 10.2 Å². The largest absolute Gasteiger partial charge is 0.481 e. The molecule has 0 amide bonds. The van der Waals surface area contributed by atoms with Crippen LogP contribution in [0.3, 0.4) is 0 Å². The van der Waals surface area contributed by atoms with E-state index in [1.165, 1.54) is 6.08 Å². The first-order chi connectivity index (χ1) is 5.68. The van der Waals surface area contributed by atoms with Gasteiger partial charge in [0, 0.05) is 6.42 Å². The van der Waals surface area contributed by atoms with E-state index in [0.717, 1.165) is 19.3 Å². The van der Waals surface area contributed by atoms with Gasteiger partial charge in [-0.2, -0.15) is 0 Å². The fourth-order valence-corrected chi connectivity index (χ4v) is 0.526. The fraction of sp³-hybridized carbons (Fsp3) is 0.667. The van der Waals surface area contributed by atoms with Crippen molar-refractivity contribution >= 4 is 5.97 Å². The third-order valence-corrected chi connectivity index (χ3v) is 1.12. The van der Waals surface area contributed by atoms with Crippen molar-refractivity contribution in [2.45, 2.75) is 32.6 Å². The first-order valence-corrected chi connectivity index (χ1v) is 4.12. The van der Waals surface area contributed by atoms with Gasteiger partial charge in [0.15, 0.2) is 0 Å². The van der Waals surface area contributed by atoms with E-state index >= 15 is 0 Å². The van der Waals surface area contributed by atoms with Crippen molar-refractivity contribution in [3.63, 3.8) is 0 Å². The Morgan fingerprint density at radius 3 is 2.25 bits per heavy atom. The number of carboxylic acid groups (broad SMARTS) is 1. The van der Waals surface area contributed by atoms with E-state index in [9.17, 15) is 4.79 Å². The Balaban J connectivity index is 0. The Morgan fingerprint density at radius 2 is 2.00 bits per heavy atom. The van der Waals surface area contributed by atoms with Gasteiger partial charge >= 0.3 is 5.97 Å². The van der Waals surface area contributed by atoms with Crippen molar-refractivity contribution in [1.29, 1.82) is 0 Å². The lowest BCUT2D eigenvalue weighted by Crippen LogP contribution is -1.92. The summed E-state index contributed by atoms with van der Waals surface area (Å²) in [4.78, 5) is 9.87. The predicted octanol–water partition coefficient (Wildman–Crippen LogP) is 1.82. The molecule has 0 aromatic heterocycles. The van der Waals surface area contributed by atoms with Crippen molar-refractivity contribution in [3.8, 4) is 0 Å².